The van der Waals surface area contributed by atoms with Gasteiger partial charge in [-0.05, 0) is 34.9 Å². The summed E-state index contributed by atoms with van der Waals surface area (Å²) in [6.45, 7) is 17.8. The van der Waals surface area contributed by atoms with E-state index in [9.17, 15) is 4.79 Å². The molecule has 0 saturated carbocycles. The van der Waals surface area contributed by atoms with Crippen LogP contribution in [0.15, 0.2) is 17.1 Å². The lowest BCUT2D eigenvalue weighted by Gasteiger charge is -2.15. The molecule has 0 amide bonds. The fourth-order valence-electron chi connectivity index (χ4n) is 2.55. The van der Waals surface area contributed by atoms with Gasteiger partial charge in [0.2, 0.25) is 5.82 Å². The van der Waals surface area contributed by atoms with Gasteiger partial charge in [0.1, 0.15) is 25.6 Å². The fourth-order valence-corrected chi connectivity index (χ4v) is 4.46. The third kappa shape index (κ3) is 12.6. The number of ether oxygens (including phenoxy) is 3. The lowest BCUT2D eigenvalue weighted by molar-refractivity contribution is 0.0464. The number of aromatic nitrogens is 4. The predicted molar refractivity (Wildman–Crippen MR) is 146 cm³/mol. The number of carbonyl (C=O) groups excluding carboxylic acids is 1. The minimum Gasteiger partial charge on any atom is -0.460 e. The average Bonchev–Trinajstić information content (AvgIpc) is 3.36. The molecule has 0 unspecified atom stereocenters. The van der Waals surface area contributed by atoms with Crippen molar-refractivity contribution in [2.75, 3.05) is 19.8 Å². The van der Waals surface area contributed by atoms with E-state index in [-0.39, 0.29) is 24.9 Å². The Hall–Kier alpha value is -2.30. The van der Waals surface area contributed by atoms with Crippen LogP contribution in [0.5, 0.6) is 0 Å². The molecule has 2 aromatic heterocycles. The zero-order valence-electron chi connectivity index (χ0n) is 22.3. The highest BCUT2D eigenvalue weighted by atomic mass is 79.9. The minimum atomic E-state index is -1.14. The molecule has 0 aliphatic rings. The van der Waals surface area contributed by atoms with Crippen molar-refractivity contribution in [3.8, 4) is 12.1 Å². The molecule has 198 valence electrons. The molecular weight excluding hydrogens is 560 g/mol. The van der Waals surface area contributed by atoms with Crippen LogP contribution in [0.3, 0.4) is 0 Å². The van der Waals surface area contributed by atoms with Gasteiger partial charge in [-0.3, -0.25) is 0 Å². The fraction of sp³-hybridized carbons (Fsp3) is 0.609. The Morgan fingerprint density at radius 3 is 1.83 bits per heavy atom. The molecule has 0 spiro atoms. The summed E-state index contributed by atoms with van der Waals surface area (Å²) in [5, 5.41) is 17.5. The number of esters is 1. The van der Waals surface area contributed by atoms with Gasteiger partial charge in [-0.1, -0.05) is 39.3 Å². The van der Waals surface area contributed by atoms with E-state index < -0.39 is 22.1 Å². The number of hydrogen-bond donors (Lipinski definition) is 0. The van der Waals surface area contributed by atoms with Crippen LogP contribution < -0.4 is 0 Å². The Labute approximate surface area is 224 Å². The Kier molecular flexibility index (Phi) is 13.3. The molecule has 0 aliphatic heterocycles. The zero-order chi connectivity index (χ0) is 27.4. The van der Waals surface area contributed by atoms with Crippen LogP contribution in [0.2, 0.25) is 51.4 Å². The van der Waals surface area contributed by atoms with Crippen molar-refractivity contribution in [1.29, 1.82) is 10.5 Å². The molecule has 2 aromatic rings. The molecule has 0 aliphatic carbocycles. The summed E-state index contributed by atoms with van der Waals surface area (Å²) in [7, 11) is -2.16. The van der Waals surface area contributed by atoms with Gasteiger partial charge in [-0.25, -0.2) is 14.8 Å². The summed E-state index contributed by atoms with van der Waals surface area (Å²) in [5.74, 6) is -0.431. The van der Waals surface area contributed by atoms with E-state index in [4.69, 9.17) is 24.7 Å². The number of nitriles is 2. The highest BCUT2D eigenvalue weighted by Crippen LogP contribution is 2.12. The van der Waals surface area contributed by atoms with Crippen molar-refractivity contribution in [2.45, 2.75) is 71.8 Å². The van der Waals surface area contributed by atoms with Crippen LogP contribution >= 0.6 is 15.9 Å². The highest BCUT2D eigenvalue weighted by Gasteiger charge is 2.18. The molecule has 0 saturated heterocycles. The smallest absolute Gasteiger partial charge is 0.374 e. The van der Waals surface area contributed by atoms with Crippen molar-refractivity contribution < 1.29 is 19.0 Å². The van der Waals surface area contributed by atoms with Gasteiger partial charge in [0.05, 0.1) is 6.61 Å². The molecule has 10 nitrogen and oxygen atoms in total. The van der Waals surface area contributed by atoms with Crippen LogP contribution in [0.25, 0.3) is 0 Å². The van der Waals surface area contributed by atoms with Gasteiger partial charge < -0.3 is 23.3 Å². The number of hydrogen-bond acceptors (Lipinski definition) is 8. The Morgan fingerprint density at radius 1 is 0.917 bits per heavy atom. The maximum Gasteiger partial charge on any atom is 0.374 e. The Morgan fingerprint density at radius 2 is 1.39 bits per heavy atom. The van der Waals surface area contributed by atoms with E-state index in [0.29, 0.717) is 23.8 Å². The number of rotatable bonds is 12. The van der Waals surface area contributed by atoms with Gasteiger partial charge in [-0.15, -0.1) is 0 Å². The van der Waals surface area contributed by atoms with Crippen molar-refractivity contribution in [1.82, 2.24) is 19.1 Å². The van der Waals surface area contributed by atoms with Crippen molar-refractivity contribution in [2.24, 2.45) is 0 Å². The van der Waals surface area contributed by atoms with E-state index >= 15 is 0 Å². The van der Waals surface area contributed by atoms with E-state index in [1.54, 1.807) is 17.7 Å². The Balaban J connectivity index is 0.000000369. The van der Waals surface area contributed by atoms with Gasteiger partial charge in [0.15, 0.2) is 16.1 Å². The van der Waals surface area contributed by atoms with Crippen molar-refractivity contribution in [3.63, 3.8) is 0 Å². The second kappa shape index (κ2) is 15.1. The van der Waals surface area contributed by atoms with E-state index in [1.165, 1.54) is 10.8 Å². The van der Waals surface area contributed by atoms with Crippen LogP contribution in [0.1, 0.15) is 28.9 Å². The van der Waals surface area contributed by atoms with Gasteiger partial charge in [-0.2, -0.15) is 10.5 Å². The molecular formula is C23H37BrN6O4Si2. The highest BCUT2D eigenvalue weighted by molar-refractivity contribution is 9.10. The molecule has 0 N–H and O–H groups in total. The van der Waals surface area contributed by atoms with Crippen molar-refractivity contribution in [3.05, 3.63) is 34.3 Å². The number of imidazole rings is 2. The normalized spacial score (nSPS) is 11.3. The molecule has 0 aromatic carbocycles. The summed E-state index contributed by atoms with van der Waals surface area (Å²) in [6, 6.07) is 6.09. The first kappa shape index (κ1) is 31.7. The Bertz CT molecular complexity index is 1060. The second-order valence-electron chi connectivity index (χ2n) is 10.4. The summed E-state index contributed by atoms with van der Waals surface area (Å²) < 4.78 is 20.0. The molecule has 0 bridgehead atoms. The molecule has 0 atom stereocenters. The third-order valence-electron chi connectivity index (χ3n) is 4.65. The number of halogens is 1. The van der Waals surface area contributed by atoms with E-state index in [2.05, 4.69) is 65.2 Å². The SMILES string of the molecule is CCOC(=O)c1nc(C#N)cn1COCC[Si](C)(C)C.C[Si](C)(C)CCOCn1cc(C#N)nc1Br. The number of nitrogens with zero attached hydrogens (tertiary/aromatic N) is 6. The molecule has 36 heavy (non-hydrogen) atoms. The largest absolute Gasteiger partial charge is 0.460 e. The van der Waals surface area contributed by atoms with E-state index in [1.807, 2.05) is 12.1 Å². The predicted octanol–water partition coefficient (Wildman–Crippen LogP) is 5.07. The standard InChI is InChI=1S/C13H21N3O3Si.C10H16BrN3OSi/c1-5-19-13(17)12-15-11(8-14)9-16(12)10-18-6-7-20(2,3)4;1-16(2,3)5-4-15-8-14-7-9(6-12)13-10(14)11/h9H,5-7,10H2,1-4H3;7H,4-5,8H2,1-3H3. The zero-order valence-corrected chi connectivity index (χ0v) is 25.9. The first-order valence-electron chi connectivity index (χ1n) is 11.7. The lowest BCUT2D eigenvalue weighted by atomic mass is 10.5. The minimum absolute atomic E-state index is 0.108. The molecule has 2 rings (SSSR count). The maximum absolute atomic E-state index is 11.7. The summed E-state index contributed by atoms with van der Waals surface area (Å²) in [4.78, 5) is 19.7. The van der Waals surface area contributed by atoms with Crippen LogP contribution in [0, 0.1) is 22.7 Å². The van der Waals surface area contributed by atoms with Gasteiger partial charge in [0.25, 0.3) is 0 Å². The molecule has 0 radical (unpaired) electrons. The van der Waals surface area contributed by atoms with Gasteiger partial charge >= 0.3 is 5.97 Å². The van der Waals surface area contributed by atoms with E-state index in [0.717, 1.165) is 18.7 Å². The first-order chi connectivity index (χ1) is 16.8. The second-order valence-corrected chi connectivity index (χ2v) is 22.4. The quantitative estimate of drug-likeness (QED) is 0.188. The van der Waals surface area contributed by atoms with Gasteiger partial charge in [0, 0.05) is 41.8 Å². The average molecular weight is 598 g/mol. The molecule has 2 heterocycles. The summed E-state index contributed by atoms with van der Waals surface area (Å²) >= 11 is 3.28. The topological polar surface area (TPSA) is 128 Å². The van der Waals surface area contributed by atoms with Crippen LogP contribution in [-0.2, 0) is 27.7 Å². The molecule has 13 heteroatoms. The monoisotopic (exact) mass is 596 g/mol. The third-order valence-corrected chi connectivity index (χ3v) is 8.69. The number of carbonyl (C=O) groups is 1. The van der Waals surface area contributed by atoms with Crippen LogP contribution in [-0.4, -0.2) is 61.0 Å². The maximum atomic E-state index is 11.7. The van der Waals surface area contributed by atoms with Crippen molar-refractivity contribution >= 4 is 38.0 Å². The molecule has 0 fully saturated rings. The van der Waals surface area contributed by atoms with Crippen LogP contribution in [0.4, 0.5) is 0 Å². The lowest BCUT2D eigenvalue weighted by Crippen LogP contribution is -2.22. The summed E-state index contributed by atoms with van der Waals surface area (Å²) in [6.07, 6.45) is 3.18. The summed E-state index contributed by atoms with van der Waals surface area (Å²) in [5.41, 5.74) is 0.586. The first-order valence-corrected chi connectivity index (χ1v) is 19.9.